The second kappa shape index (κ2) is 21.4. The highest BCUT2D eigenvalue weighted by atomic mass is 16.5. The quantitative estimate of drug-likeness (QED) is 0.117. The number of aliphatic hydroxyl groups is 2. The second-order valence-corrected chi connectivity index (χ2v) is 7.52. The summed E-state index contributed by atoms with van der Waals surface area (Å²) in [6.07, 6.45) is 23.6. The number of nitrogens with two attached hydrogens (primary N) is 1. The summed E-state index contributed by atoms with van der Waals surface area (Å²) >= 11 is 0. The van der Waals surface area contributed by atoms with E-state index in [2.05, 4.69) is 19.1 Å². The molecule has 0 bridgehead atoms. The lowest BCUT2D eigenvalue weighted by Gasteiger charge is -2.23. The summed E-state index contributed by atoms with van der Waals surface area (Å²) in [4.78, 5) is 8.36. The zero-order chi connectivity index (χ0) is 20.8. The molecule has 0 heterocycles. The van der Waals surface area contributed by atoms with Crippen LogP contribution < -0.4 is 5.73 Å². The van der Waals surface area contributed by atoms with Gasteiger partial charge in [-0.25, -0.2) is 0 Å². The zero-order valence-corrected chi connectivity index (χ0v) is 17.7. The van der Waals surface area contributed by atoms with Crippen LogP contribution in [0.25, 0.3) is 0 Å². The van der Waals surface area contributed by atoms with E-state index in [-0.39, 0.29) is 12.4 Å². The van der Waals surface area contributed by atoms with Crippen LogP contribution >= 0.6 is 0 Å². The van der Waals surface area contributed by atoms with E-state index in [0.717, 1.165) is 19.3 Å². The molecule has 0 rings (SSSR count). The highest BCUT2D eigenvalue weighted by Gasteiger charge is 2.24. The number of allylic oxidation sites excluding steroid dienone is 2. The van der Waals surface area contributed by atoms with Crippen LogP contribution in [-0.4, -0.2) is 27.7 Å². The molecule has 5 nitrogen and oxygen atoms in total. The van der Waals surface area contributed by atoms with Crippen molar-refractivity contribution in [1.29, 1.82) is 0 Å². The Morgan fingerprint density at radius 2 is 1.19 bits per heavy atom. The van der Waals surface area contributed by atoms with Crippen molar-refractivity contribution in [2.24, 2.45) is 11.7 Å². The Labute approximate surface area is 167 Å². The van der Waals surface area contributed by atoms with E-state index in [0.29, 0.717) is 0 Å². The minimum atomic E-state index is -2.01. The van der Waals surface area contributed by atoms with Crippen LogP contribution in [0.4, 0.5) is 0 Å². The van der Waals surface area contributed by atoms with Crippen molar-refractivity contribution in [2.45, 2.75) is 116 Å². The van der Waals surface area contributed by atoms with Crippen molar-refractivity contribution in [3.05, 3.63) is 12.2 Å². The van der Waals surface area contributed by atoms with Crippen molar-refractivity contribution >= 4 is 6.47 Å². The molecule has 0 fully saturated rings. The first-order valence-electron chi connectivity index (χ1n) is 10.9. The molecule has 0 amide bonds. The molecule has 0 aliphatic carbocycles. The molecule has 0 aromatic carbocycles. The molecule has 0 aromatic heterocycles. The van der Waals surface area contributed by atoms with Gasteiger partial charge in [0.05, 0.1) is 0 Å². The highest BCUT2D eigenvalue weighted by molar-refractivity contribution is 5.32. The van der Waals surface area contributed by atoms with Gasteiger partial charge in [-0.2, -0.15) is 0 Å². The van der Waals surface area contributed by atoms with Crippen LogP contribution in [-0.2, 0) is 4.79 Å². The maximum absolute atomic E-state index is 9.24. The van der Waals surface area contributed by atoms with E-state index < -0.39 is 5.91 Å². The van der Waals surface area contributed by atoms with E-state index in [1.54, 1.807) is 6.92 Å². The lowest BCUT2D eigenvalue weighted by atomic mass is 9.99. The molecule has 162 valence electrons. The Hall–Kier alpha value is -0.910. The van der Waals surface area contributed by atoms with Crippen LogP contribution in [0.5, 0.6) is 0 Å². The standard InChI is InChI=1S/C21H43NO2.CH2O2/c1-3-4-5-6-7-8-9-10-11-12-13-14-15-16-17-18-19-20(2)21(22,23)24;2-1-3/h10-11,20,23-24H,3-9,12-19,22H2,1-2H3;1H,(H,2,3)/b11-10-;. The number of rotatable bonds is 17. The minimum Gasteiger partial charge on any atom is -0.483 e. The molecule has 0 aliphatic rings. The lowest BCUT2D eigenvalue weighted by molar-refractivity contribution is -0.192. The highest BCUT2D eigenvalue weighted by Crippen LogP contribution is 2.17. The van der Waals surface area contributed by atoms with E-state index in [1.165, 1.54) is 77.0 Å². The van der Waals surface area contributed by atoms with E-state index in [1.807, 2.05) is 0 Å². The van der Waals surface area contributed by atoms with Crippen LogP contribution in [0.2, 0.25) is 0 Å². The average molecular weight is 388 g/mol. The van der Waals surface area contributed by atoms with Crippen LogP contribution in [0, 0.1) is 5.92 Å². The summed E-state index contributed by atoms with van der Waals surface area (Å²) in [5.41, 5.74) is 5.25. The third-order valence-corrected chi connectivity index (χ3v) is 4.87. The molecular weight excluding hydrogens is 342 g/mol. The fourth-order valence-electron chi connectivity index (χ4n) is 2.91. The number of carbonyl (C=O) groups is 1. The van der Waals surface area contributed by atoms with Gasteiger partial charge >= 0.3 is 0 Å². The topological polar surface area (TPSA) is 104 Å². The molecule has 5 heteroatoms. The Bertz CT molecular complexity index is 327. The first-order valence-corrected chi connectivity index (χ1v) is 10.9. The fourth-order valence-corrected chi connectivity index (χ4v) is 2.91. The summed E-state index contributed by atoms with van der Waals surface area (Å²) < 4.78 is 0. The van der Waals surface area contributed by atoms with Crippen LogP contribution in [0.15, 0.2) is 12.2 Å². The Kier molecular flexibility index (Phi) is 22.4. The van der Waals surface area contributed by atoms with Gasteiger partial charge in [0.2, 0.25) is 5.91 Å². The van der Waals surface area contributed by atoms with Gasteiger partial charge in [-0.3, -0.25) is 10.5 Å². The van der Waals surface area contributed by atoms with E-state index in [4.69, 9.17) is 15.6 Å². The van der Waals surface area contributed by atoms with Crippen molar-refractivity contribution in [1.82, 2.24) is 0 Å². The minimum absolute atomic E-state index is 0.250. The number of unbranched alkanes of at least 4 members (excludes halogenated alkanes) is 12. The van der Waals surface area contributed by atoms with Gasteiger partial charge in [0.1, 0.15) is 0 Å². The van der Waals surface area contributed by atoms with E-state index in [9.17, 15) is 10.2 Å². The monoisotopic (exact) mass is 387 g/mol. The Morgan fingerprint density at radius 3 is 1.59 bits per heavy atom. The van der Waals surface area contributed by atoms with Crippen molar-refractivity contribution in [3.8, 4) is 0 Å². The van der Waals surface area contributed by atoms with Crippen molar-refractivity contribution in [3.63, 3.8) is 0 Å². The third-order valence-electron chi connectivity index (χ3n) is 4.87. The molecule has 0 spiro atoms. The molecular formula is C22H45NO4. The Morgan fingerprint density at radius 1 is 0.815 bits per heavy atom. The summed E-state index contributed by atoms with van der Waals surface area (Å²) in [7, 11) is 0. The molecule has 5 N–H and O–H groups in total. The van der Waals surface area contributed by atoms with Crippen LogP contribution in [0.3, 0.4) is 0 Å². The fraction of sp³-hybridized carbons (Fsp3) is 0.864. The SMILES string of the molecule is CCCCCCCC/C=C\CCCCCCCCC(C)C(N)(O)O.O=CO. The molecule has 1 atom stereocenters. The number of carboxylic acid groups (broad SMARTS) is 1. The van der Waals surface area contributed by atoms with Gasteiger partial charge in [-0.15, -0.1) is 0 Å². The molecule has 0 radical (unpaired) electrons. The summed E-state index contributed by atoms with van der Waals surface area (Å²) in [6, 6.07) is 0. The smallest absolute Gasteiger partial charge is 0.290 e. The molecule has 0 aromatic rings. The van der Waals surface area contributed by atoms with Crippen molar-refractivity contribution in [2.75, 3.05) is 0 Å². The lowest BCUT2D eigenvalue weighted by Crippen LogP contribution is -2.45. The van der Waals surface area contributed by atoms with Gasteiger partial charge in [0.25, 0.3) is 6.47 Å². The van der Waals surface area contributed by atoms with Gasteiger partial charge in [-0.05, 0) is 32.1 Å². The number of hydrogen-bond acceptors (Lipinski definition) is 4. The normalized spacial score (nSPS) is 12.6. The molecule has 0 saturated carbocycles. The van der Waals surface area contributed by atoms with Gasteiger partial charge in [0.15, 0.2) is 0 Å². The summed E-state index contributed by atoms with van der Waals surface area (Å²) in [6.45, 7) is 3.80. The maximum Gasteiger partial charge on any atom is 0.290 e. The average Bonchev–Trinajstić information content (AvgIpc) is 2.61. The second-order valence-electron chi connectivity index (χ2n) is 7.52. The van der Waals surface area contributed by atoms with Gasteiger partial charge in [0, 0.05) is 5.92 Å². The first kappa shape index (κ1) is 28.3. The predicted octanol–water partition coefficient (Wildman–Crippen LogP) is 5.35. The van der Waals surface area contributed by atoms with Gasteiger partial charge in [-0.1, -0.05) is 90.2 Å². The maximum atomic E-state index is 9.24. The predicted molar refractivity (Wildman–Crippen MR) is 113 cm³/mol. The number of hydrogen-bond donors (Lipinski definition) is 4. The van der Waals surface area contributed by atoms with Crippen molar-refractivity contribution < 1.29 is 20.1 Å². The molecule has 0 saturated heterocycles. The van der Waals surface area contributed by atoms with E-state index >= 15 is 0 Å². The van der Waals surface area contributed by atoms with Crippen LogP contribution in [0.1, 0.15) is 110 Å². The Balaban J connectivity index is 0. The first-order chi connectivity index (χ1) is 12.9. The third kappa shape index (κ3) is 25.1. The molecule has 27 heavy (non-hydrogen) atoms. The summed E-state index contributed by atoms with van der Waals surface area (Å²) in [5, 5.41) is 25.4. The largest absolute Gasteiger partial charge is 0.483 e. The molecule has 0 aliphatic heterocycles. The zero-order valence-electron chi connectivity index (χ0n) is 17.7. The summed E-state index contributed by atoms with van der Waals surface area (Å²) in [5.74, 6) is -2.27. The van der Waals surface area contributed by atoms with Gasteiger partial charge < -0.3 is 15.3 Å². The molecule has 1 unspecified atom stereocenters.